The quantitative estimate of drug-likeness (QED) is 0.698. The number of aryl methyl sites for hydroxylation is 1. The van der Waals surface area contributed by atoms with E-state index in [9.17, 15) is 8.78 Å². The zero-order valence-corrected chi connectivity index (χ0v) is 11.2. The smallest absolute Gasteiger partial charge is 0.223 e. The molecule has 2 aromatic heterocycles. The van der Waals surface area contributed by atoms with Crippen LogP contribution in [-0.4, -0.2) is 19.7 Å². The number of benzene rings is 1. The minimum Gasteiger partial charge on any atom is -0.340 e. The summed E-state index contributed by atoms with van der Waals surface area (Å²) in [6.07, 6.45) is 0. The average molecular weight is 299 g/mol. The van der Waals surface area contributed by atoms with Gasteiger partial charge in [-0.25, -0.2) is 13.8 Å². The van der Waals surface area contributed by atoms with E-state index in [-0.39, 0.29) is 17.9 Å². The highest BCUT2D eigenvalue weighted by molar-refractivity contribution is 6.16. The summed E-state index contributed by atoms with van der Waals surface area (Å²) in [6.45, 7) is 1.75. The Morgan fingerprint density at radius 1 is 1.30 bits per heavy atom. The third kappa shape index (κ3) is 2.03. The summed E-state index contributed by atoms with van der Waals surface area (Å²) in [6, 6.07) is 2.44. The van der Waals surface area contributed by atoms with Crippen molar-refractivity contribution >= 4 is 22.6 Å². The van der Waals surface area contributed by atoms with Crippen molar-refractivity contribution in [3.8, 4) is 0 Å². The van der Waals surface area contributed by atoms with Gasteiger partial charge in [-0.1, -0.05) is 5.16 Å². The lowest BCUT2D eigenvalue weighted by atomic mass is 10.3. The molecule has 0 N–H and O–H groups in total. The van der Waals surface area contributed by atoms with Gasteiger partial charge in [0.15, 0.2) is 17.5 Å². The van der Waals surface area contributed by atoms with Crippen molar-refractivity contribution in [1.29, 1.82) is 0 Å². The van der Waals surface area contributed by atoms with Gasteiger partial charge in [0, 0.05) is 6.92 Å². The Labute approximate surface area is 117 Å². The van der Waals surface area contributed by atoms with Crippen LogP contribution in [0.5, 0.6) is 0 Å². The van der Waals surface area contributed by atoms with Gasteiger partial charge in [0.2, 0.25) is 5.89 Å². The van der Waals surface area contributed by atoms with Gasteiger partial charge < -0.3 is 9.09 Å². The number of halogens is 3. The van der Waals surface area contributed by atoms with E-state index in [0.29, 0.717) is 23.1 Å². The Bertz CT molecular complexity index is 783. The molecule has 0 fully saturated rings. The van der Waals surface area contributed by atoms with E-state index >= 15 is 0 Å². The maximum atomic E-state index is 14.0. The van der Waals surface area contributed by atoms with Crippen LogP contribution in [-0.2, 0) is 12.4 Å². The molecule has 0 amide bonds. The highest BCUT2D eigenvalue weighted by Crippen LogP contribution is 2.23. The maximum absolute atomic E-state index is 14.0. The van der Waals surface area contributed by atoms with E-state index in [1.54, 1.807) is 6.92 Å². The largest absolute Gasteiger partial charge is 0.340 e. The van der Waals surface area contributed by atoms with Crippen molar-refractivity contribution in [3.63, 3.8) is 0 Å². The monoisotopic (exact) mass is 298 g/mol. The summed E-state index contributed by atoms with van der Waals surface area (Å²) in [5.74, 6) is -0.698. The first-order chi connectivity index (χ1) is 9.60. The summed E-state index contributed by atoms with van der Waals surface area (Å²) >= 11 is 5.80. The van der Waals surface area contributed by atoms with Crippen LogP contribution in [0.15, 0.2) is 16.7 Å². The molecule has 8 heteroatoms. The van der Waals surface area contributed by atoms with Crippen molar-refractivity contribution < 1.29 is 13.3 Å². The van der Waals surface area contributed by atoms with E-state index in [4.69, 9.17) is 16.1 Å². The van der Waals surface area contributed by atoms with E-state index in [1.807, 2.05) is 0 Å². The lowest BCUT2D eigenvalue weighted by molar-refractivity contribution is 0.386. The van der Waals surface area contributed by atoms with Crippen molar-refractivity contribution in [1.82, 2.24) is 19.7 Å². The molecule has 0 atom stereocenters. The minimum atomic E-state index is -0.966. The van der Waals surface area contributed by atoms with Crippen LogP contribution in [0, 0.1) is 18.6 Å². The number of hydrogen-bond acceptors (Lipinski definition) is 4. The number of imidazole rings is 1. The van der Waals surface area contributed by atoms with Crippen LogP contribution >= 0.6 is 11.6 Å². The zero-order chi connectivity index (χ0) is 14.3. The molecule has 0 aliphatic carbocycles. The number of rotatable bonds is 3. The van der Waals surface area contributed by atoms with E-state index in [1.165, 1.54) is 10.6 Å². The average Bonchev–Trinajstić information content (AvgIpc) is 2.99. The molecule has 0 bridgehead atoms. The minimum absolute atomic E-state index is 0.0445. The van der Waals surface area contributed by atoms with Gasteiger partial charge in [-0.3, -0.25) is 0 Å². The van der Waals surface area contributed by atoms with Gasteiger partial charge in [-0.15, -0.1) is 11.6 Å². The van der Waals surface area contributed by atoms with Crippen molar-refractivity contribution in [2.45, 2.75) is 19.3 Å². The fourth-order valence-electron chi connectivity index (χ4n) is 2.02. The Morgan fingerprint density at radius 2 is 2.10 bits per heavy atom. The molecular weight excluding hydrogens is 290 g/mol. The van der Waals surface area contributed by atoms with Gasteiger partial charge in [0.25, 0.3) is 0 Å². The SMILES string of the molecule is Cc1nc(Cn2c(CCl)nc3ccc(F)c(F)c32)no1. The van der Waals surface area contributed by atoms with Crippen LogP contribution in [0.4, 0.5) is 8.78 Å². The predicted molar refractivity (Wildman–Crippen MR) is 67.3 cm³/mol. The van der Waals surface area contributed by atoms with Crippen molar-refractivity contribution in [2.75, 3.05) is 0 Å². The van der Waals surface area contributed by atoms with Crippen LogP contribution in [0.2, 0.25) is 0 Å². The standard InChI is InChI=1S/C12H9ClF2N4O/c1-6-16-9(18-20-6)5-19-10(4-13)17-8-3-2-7(14)11(15)12(8)19/h2-3H,4-5H2,1H3. The number of hydrogen-bond donors (Lipinski definition) is 0. The number of aromatic nitrogens is 4. The molecule has 2 heterocycles. The number of alkyl halides is 1. The second kappa shape index (κ2) is 4.82. The molecule has 3 rings (SSSR count). The van der Waals surface area contributed by atoms with Gasteiger partial charge in [-0.2, -0.15) is 4.98 Å². The van der Waals surface area contributed by atoms with Crippen LogP contribution in [0.25, 0.3) is 11.0 Å². The molecule has 1 aromatic carbocycles. The fourth-order valence-corrected chi connectivity index (χ4v) is 2.23. The topological polar surface area (TPSA) is 56.7 Å². The molecule has 3 aromatic rings. The Kier molecular flexibility index (Phi) is 3.13. The lowest BCUT2D eigenvalue weighted by Crippen LogP contribution is -2.06. The Morgan fingerprint density at radius 3 is 2.75 bits per heavy atom. The third-order valence-electron chi connectivity index (χ3n) is 2.87. The molecule has 0 aliphatic heterocycles. The third-order valence-corrected chi connectivity index (χ3v) is 3.11. The van der Waals surface area contributed by atoms with Gasteiger partial charge in [-0.05, 0) is 12.1 Å². The highest BCUT2D eigenvalue weighted by Gasteiger charge is 2.18. The molecule has 104 valence electrons. The first-order valence-electron chi connectivity index (χ1n) is 5.78. The first-order valence-corrected chi connectivity index (χ1v) is 6.32. The molecule has 20 heavy (non-hydrogen) atoms. The summed E-state index contributed by atoms with van der Waals surface area (Å²) in [7, 11) is 0. The van der Waals surface area contributed by atoms with Crippen LogP contribution in [0.1, 0.15) is 17.5 Å². The van der Waals surface area contributed by atoms with Crippen LogP contribution in [0.3, 0.4) is 0 Å². The lowest BCUT2D eigenvalue weighted by Gasteiger charge is -2.05. The van der Waals surface area contributed by atoms with Gasteiger partial charge in [0.1, 0.15) is 11.3 Å². The fraction of sp³-hybridized carbons (Fsp3) is 0.250. The Balaban J connectivity index is 2.19. The van der Waals surface area contributed by atoms with E-state index in [0.717, 1.165) is 6.07 Å². The second-order valence-electron chi connectivity index (χ2n) is 4.21. The highest BCUT2D eigenvalue weighted by atomic mass is 35.5. The molecular formula is C12H9ClF2N4O. The van der Waals surface area contributed by atoms with Gasteiger partial charge >= 0.3 is 0 Å². The predicted octanol–water partition coefficient (Wildman–Crippen LogP) is 2.79. The maximum Gasteiger partial charge on any atom is 0.223 e. The number of fused-ring (bicyclic) bond motifs is 1. The van der Waals surface area contributed by atoms with Crippen molar-refractivity contribution in [3.05, 3.63) is 41.3 Å². The molecule has 0 aliphatic rings. The van der Waals surface area contributed by atoms with E-state index in [2.05, 4.69) is 15.1 Å². The molecule has 0 spiro atoms. The summed E-state index contributed by atoms with van der Waals surface area (Å²) < 4.78 is 33.7. The molecule has 0 saturated heterocycles. The van der Waals surface area contributed by atoms with Crippen LogP contribution < -0.4 is 0 Å². The van der Waals surface area contributed by atoms with Gasteiger partial charge in [0.05, 0.1) is 17.9 Å². The second-order valence-corrected chi connectivity index (χ2v) is 4.47. The summed E-state index contributed by atoms with van der Waals surface area (Å²) in [4.78, 5) is 8.21. The molecule has 0 radical (unpaired) electrons. The van der Waals surface area contributed by atoms with Crippen molar-refractivity contribution in [2.24, 2.45) is 0 Å². The molecule has 0 unspecified atom stereocenters. The normalized spacial score (nSPS) is 11.4. The number of nitrogens with zero attached hydrogens (tertiary/aromatic N) is 4. The first kappa shape index (κ1) is 13.0. The molecule has 0 saturated carbocycles. The summed E-state index contributed by atoms with van der Waals surface area (Å²) in [5.41, 5.74) is 0.378. The van der Waals surface area contributed by atoms with E-state index < -0.39 is 11.6 Å². The Hall–Kier alpha value is -2.02. The zero-order valence-electron chi connectivity index (χ0n) is 10.4. The summed E-state index contributed by atoms with van der Waals surface area (Å²) in [5, 5.41) is 3.73. The molecule has 5 nitrogen and oxygen atoms in total.